The van der Waals surface area contributed by atoms with E-state index in [-0.39, 0.29) is 28.4 Å². The number of allylic oxidation sites excluding steroid dienone is 1. The highest BCUT2D eigenvalue weighted by molar-refractivity contribution is 6.05. The number of nitrogens with zero attached hydrogens (tertiary/aromatic N) is 5. The summed E-state index contributed by atoms with van der Waals surface area (Å²) in [6.07, 6.45) is -4.00. The van der Waals surface area contributed by atoms with Gasteiger partial charge in [0.1, 0.15) is 17.7 Å². The third kappa shape index (κ3) is 6.51. The summed E-state index contributed by atoms with van der Waals surface area (Å²) in [7, 11) is 0. The summed E-state index contributed by atoms with van der Waals surface area (Å²) in [5, 5.41) is 2.35. The first-order chi connectivity index (χ1) is 20.2. The van der Waals surface area contributed by atoms with Crippen LogP contribution in [0.5, 0.6) is 0 Å². The highest BCUT2D eigenvalue weighted by atomic mass is 19.4. The molecule has 9 nitrogen and oxygen atoms in total. The molecule has 3 N–H and O–H groups in total. The molecule has 0 aliphatic carbocycles. The molecule has 1 aromatic carbocycles. The van der Waals surface area contributed by atoms with E-state index in [1.54, 1.807) is 24.5 Å². The van der Waals surface area contributed by atoms with E-state index in [4.69, 9.17) is 10.8 Å². The number of aromatic nitrogens is 1. The van der Waals surface area contributed by atoms with Crippen molar-refractivity contribution in [2.75, 3.05) is 18.4 Å². The Bertz CT molecular complexity index is 1550. The molecule has 1 aromatic heterocycles. The largest absolute Gasteiger partial charge is 0.416 e. The minimum absolute atomic E-state index is 0.148. The lowest BCUT2D eigenvalue weighted by molar-refractivity contribution is -0.750. The number of aliphatic imine (C=N–C) groups is 2. The minimum atomic E-state index is -4.59. The molecule has 2 aromatic rings. The van der Waals surface area contributed by atoms with Gasteiger partial charge in [-0.3, -0.25) is 14.6 Å². The van der Waals surface area contributed by atoms with Gasteiger partial charge in [0.15, 0.2) is 0 Å². The summed E-state index contributed by atoms with van der Waals surface area (Å²) in [6.45, 7) is 0.537. The Balaban J connectivity index is 1.35. The minimum Gasteiger partial charge on any atom is -0.342 e. The number of quaternary nitrogens is 1. The van der Waals surface area contributed by atoms with Crippen molar-refractivity contribution in [1.29, 1.82) is 0 Å². The quantitative estimate of drug-likeness (QED) is 0.269. The molecule has 4 heterocycles. The van der Waals surface area contributed by atoms with E-state index in [0.29, 0.717) is 42.2 Å². The number of piperidine rings is 1. The predicted octanol–water partition coefficient (Wildman–Crippen LogP) is 5.15. The van der Waals surface area contributed by atoms with Gasteiger partial charge in [0.05, 0.1) is 30.0 Å². The highest BCUT2D eigenvalue weighted by Crippen LogP contribution is 2.38. The predicted molar refractivity (Wildman–Crippen MR) is 144 cm³/mol. The Morgan fingerprint density at radius 3 is 2.53 bits per heavy atom. The van der Waals surface area contributed by atoms with E-state index in [1.165, 1.54) is 23.2 Å². The number of alkyl halides is 6. The third-order valence-corrected chi connectivity index (χ3v) is 7.34. The second kappa shape index (κ2) is 11.4. The van der Waals surface area contributed by atoms with E-state index in [2.05, 4.69) is 15.3 Å². The van der Waals surface area contributed by atoms with Crippen LogP contribution in [0.25, 0.3) is 0 Å². The molecule has 1 fully saturated rings. The summed E-state index contributed by atoms with van der Waals surface area (Å²) < 4.78 is 76.7. The van der Waals surface area contributed by atoms with E-state index >= 15 is 0 Å². The summed E-state index contributed by atoms with van der Waals surface area (Å²) >= 11 is 0. The second-order valence-electron chi connectivity index (χ2n) is 10.3. The van der Waals surface area contributed by atoms with Gasteiger partial charge in [0.25, 0.3) is 11.7 Å². The average Bonchev–Trinajstić information content (AvgIpc) is 3.28. The Labute approximate surface area is 241 Å². The molecule has 1 saturated heterocycles. The van der Waals surface area contributed by atoms with Crippen LogP contribution in [-0.2, 0) is 11.0 Å². The van der Waals surface area contributed by atoms with Crippen LogP contribution in [0, 0.1) is 5.92 Å². The van der Waals surface area contributed by atoms with Gasteiger partial charge < -0.3 is 10.2 Å². The number of hydrogen-bond donors (Lipinski definition) is 2. The summed E-state index contributed by atoms with van der Waals surface area (Å²) in [5.74, 6) is 5.35. The first-order valence-corrected chi connectivity index (χ1v) is 13.3. The number of amidine groups is 1. The van der Waals surface area contributed by atoms with Crippen molar-refractivity contribution >= 4 is 29.7 Å². The molecule has 226 valence electrons. The van der Waals surface area contributed by atoms with Crippen LogP contribution >= 0.6 is 0 Å². The molecular formula is C28H26F6N7O2+. The number of likely N-dealkylation sites (tertiary alicyclic amines) is 1. The van der Waals surface area contributed by atoms with Crippen LogP contribution < -0.4 is 11.2 Å². The topological polar surface area (TPSA) is 113 Å². The van der Waals surface area contributed by atoms with Crippen LogP contribution in [0.4, 0.5) is 32.2 Å². The number of pyridine rings is 1. The molecular weight excluding hydrogens is 580 g/mol. The normalized spacial score (nSPS) is 22.0. The molecule has 43 heavy (non-hydrogen) atoms. The van der Waals surface area contributed by atoms with Crippen LogP contribution in [0.3, 0.4) is 0 Å². The van der Waals surface area contributed by atoms with Crippen LogP contribution in [0.15, 0.2) is 76.4 Å². The number of anilines is 1. The van der Waals surface area contributed by atoms with Crippen LogP contribution in [-0.4, -0.2) is 57.6 Å². The zero-order valence-corrected chi connectivity index (χ0v) is 22.5. The lowest BCUT2D eigenvalue weighted by Gasteiger charge is -2.33. The van der Waals surface area contributed by atoms with Gasteiger partial charge in [-0.05, 0) is 49.2 Å². The summed E-state index contributed by atoms with van der Waals surface area (Å²) in [6, 6.07) is 7.65. The molecule has 5 rings (SSSR count). The van der Waals surface area contributed by atoms with Crippen LogP contribution in [0.1, 0.15) is 47.2 Å². The fourth-order valence-electron chi connectivity index (χ4n) is 5.17. The summed E-state index contributed by atoms with van der Waals surface area (Å²) in [4.78, 5) is 39.4. The van der Waals surface area contributed by atoms with Gasteiger partial charge in [-0.1, -0.05) is 0 Å². The Morgan fingerprint density at radius 2 is 1.84 bits per heavy atom. The number of benzene rings is 1. The number of amides is 2. The van der Waals surface area contributed by atoms with Gasteiger partial charge >= 0.3 is 12.4 Å². The monoisotopic (exact) mass is 606 g/mol. The molecule has 0 saturated carbocycles. The maximum absolute atomic E-state index is 13.0. The Hall–Kier alpha value is -4.37. The van der Waals surface area contributed by atoms with Crippen molar-refractivity contribution in [3.63, 3.8) is 0 Å². The number of nitrogens with one attached hydrogen (secondary N) is 1. The van der Waals surface area contributed by atoms with E-state index in [1.807, 2.05) is 0 Å². The lowest BCUT2D eigenvalue weighted by Crippen LogP contribution is -2.53. The maximum Gasteiger partial charge on any atom is 0.416 e. The Morgan fingerprint density at radius 1 is 1.09 bits per heavy atom. The second-order valence-corrected chi connectivity index (χ2v) is 10.3. The van der Waals surface area contributed by atoms with Crippen molar-refractivity contribution in [2.45, 2.75) is 38.0 Å². The fourth-order valence-corrected chi connectivity index (χ4v) is 5.17. The molecule has 15 heteroatoms. The van der Waals surface area contributed by atoms with E-state index < -0.39 is 42.6 Å². The molecule has 2 amide bonds. The third-order valence-electron chi connectivity index (χ3n) is 7.34. The number of fused-ring (bicyclic) bond motifs is 1. The van der Waals surface area contributed by atoms with Gasteiger partial charge in [-0.15, -0.1) is 4.59 Å². The van der Waals surface area contributed by atoms with Crippen molar-refractivity contribution in [2.24, 2.45) is 21.7 Å². The SMILES string of the molecule is N[N+]12C=CN=CC1=C(C1CCCN(C(=O)CCC(F)(F)F)C1)N=C2c1ccc(C(=O)Nc2cc(C(F)(F)F)ccn2)cc1. The van der Waals surface area contributed by atoms with E-state index in [9.17, 15) is 35.9 Å². The zero-order chi connectivity index (χ0) is 31.0. The van der Waals surface area contributed by atoms with Gasteiger partial charge in [0.2, 0.25) is 11.6 Å². The maximum atomic E-state index is 13.0. The molecule has 2 unspecified atom stereocenters. The standard InChI is InChI=1S/C28H25F6N7O2/c29-27(30,31)9-7-23(42)40-12-1-2-19(16-40)24-21-15-36-11-13-41(21,35)25(39-24)17-3-5-18(6-4-17)26(43)38-22-14-20(8-10-37-22)28(32,33)34/h3-6,8,10-11,13-15,19H,1-2,7,9,12,16,35H2/p+1. The van der Waals surface area contributed by atoms with Gasteiger partial charge in [-0.2, -0.15) is 37.2 Å². The number of hydrogen-bond acceptors (Lipinski definition) is 6. The van der Waals surface area contributed by atoms with Crippen molar-refractivity contribution < 1.29 is 40.5 Å². The first-order valence-electron chi connectivity index (χ1n) is 13.3. The molecule has 3 aliphatic rings. The molecule has 0 bridgehead atoms. The van der Waals surface area contributed by atoms with Crippen molar-refractivity contribution in [3.05, 3.63) is 83.1 Å². The first kappa shape index (κ1) is 30.1. The number of rotatable bonds is 6. The number of halogens is 6. The van der Waals surface area contributed by atoms with Crippen molar-refractivity contribution in [3.8, 4) is 0 Å². The molecule has 0 radical (unpaired) electrons. The number of carbonyl (C=O) groups is 2. The fraction of sp³-hybridized carbons (Fsp3) is 0.321. The lowest BCUT2D eigenvalue weighted by atomic mass is 9.93. The van der Waals surface area contributed by atoms with Crippen molar-refractivity contribution in [1.82, 2.24) is 9.88 Å². The highest BCUT2D eigenvalue weighted by Gasteiger charge is 2.46. The van der Waals surface area contributed by atoms with Crippen LogP contribution in [0.2, 0.25) is 0 Å². The number of nitrogens with two attached hydrogens (primary N) is 1. The average molecular weight is 607 g/mol. The molecule has 2 atom stereocenters. The molecule has 0 spiro atoms. The zero-order valence-electron chi connectivity index (χ0n) is 22.5. The number of carbonyl (C=O) groups excluding carboxylic acids is 2. The summed E-state index contributed by atoms with van der Waals surface area (Å²) in [5.41, 5.74) is 0.849. The van der Waals surface area contributed by atoms with Gasteiger partial charge in [-0.25, -0.2) is 4.98 Å². The smallest absolute Gasteiger partial charge is 0.342 e. The van der Waals surface area contributed by atoms with Gasteiger partial charge in [0, 0.05) is 37.2 Å². The molecule has 3 aliphatic heterocycles. The Kier molecular flexibility index (Phi) is 7.96. The van der Waals surface area contributed by atoms with E-state index in [0.717, 1.165) is 18.3 Å².